The van der Waals surface area contributed by atoms with E-state index in [9.17, 15) is 0 Å². The lowest BCUT2D eigenvalue weighted by atomic mass is 10.0. The summed E-state index contributed by atoms with van der Waals surface area (Å²) in [5.74, 6) is 0. The van der Waals surface area contributed by atoms with Crippen LogP contribution in [0.1, 0.15) is 13.8 Å². The third kappa shape index (κ3) is 3.67. The average Bonchev–Trinajstić information content (AvgIpc) is 2.30. The first-order valence-electron chi connectivity index (χ1n) is 5.42. The van der Waals surface area contributed by atoms with E-state index in [4.69, 9.17) is 22.1 Å². The van der Waals surface area contributed by atoms with Gasteiger partial charge in [-0.15, -0.1) is 0 Å². The summed E-state index contributed by atoms with van der Waals surface area (Å²) in [5, 5.41) is 4.02. The first-order chi connectivity index (χ1) is 7.61. The summed E-state index contributed by atoms with van der Waals surface area (Å²) in [5.41, 5.74) is 6.36. The molecule has 0 spiro atoms. The maximum Gasteiger partial charge on any atom is 0.0706 e. The van der Waals surface area contributed by atoms with E-state index in [1.165, 1.54) is 0 Å². The van der Waals surface area contributed by atoms with Crippen LogP contribution in [-0.2, 0) is 4.74 Å². The van der Waals surface area contributed by atoms with Gasteiger partial charge >= 0.3 is 0 Å². The summed E-state index contributed by atoms with van der Waals surface area (Å²) in [6.45, 7) is 5.71. The second-order valence-electron chi connectivity index (χ2n) is 4.01. The standard InChI is InChI=1S/C12H19ClN2O/c1-3-16-9-12(2,8-14)15-11-7-5-4-6-10(11)13/h4-7,15H,3,8-9,14H2,1-2H3. The van der Waals surface area contributed by atoms with Crippen molar-refractivity contribution in [3.63, 3.8) is 0 Å². The summed E-state index contributed by atoms with van der Waals surface area (Å²) in [6, 6.07) is 7.62. The summed E-state index contributed by atoms with van der Waals surface area (Å²) < 4.78 is 5.42. The maximum absolute atomic E-state index is 6.08. The van der Waals surface area contributed by atoms with Crippen LogP contribution >= 0.6 is 11.6 Å². The van der Waals surface area contributed by atoms with Gasteiger partial charge in [0.15, 0.2) is 0 Å². The van der Waals surface area contributed by atoms with E-state index in [2.05, 4.69) is 5.32 Å². The van der Waals surface area contributed by atoms with E-state index in [0.29, 0.717) is 24.8 Å². The van der Waals surface area contributed by atoms with Gasteiger partial charge in [0.2, 0.25) is 0 Å². The predicted molar refractivity (Wildman–Crippen MR) is 69.0 cm³/mol. The fourth-order valence-electron chi connectivity index (χ4n) is 1.36. The third-order valence-corrected chi connectivity index (χ3v) is 2.72. The molecule has 1 atom stereocenters. The Labute approximate surface area is 102 Å². The minimum Gasteiger partial charge on any atom is -0.379 e. The fraction of sp³-hybridized carbons (Fsp3) is 0.500. The van der Waals surface area contributed by atoms with Crippen LogP contribution in [-0.4, -0.2) is 25.3 Å². The fourth-order valence-corrected chi connectivity index (χ4v) is 1.54. The van der Waals surface area contributed by atoms with Gasteiger partial charge in [0, 0.05) is 13.2 Å². The molecule has 0 aliphatic rings. The molecule has 1 rings (SSSR count). The number of ether oxygens (including phenoxy) is 1. The van der Waals surface area contributed by atoms with Crippen molar-refractivity contribution < 1.29 is 4.74 Å². The molecule has 0 amide bonds. The molecule has 3 nitrogen and oxygen atoms in total. The number of rotatable bonds is 6. The molecule has 16 heavy (non-hydrogen) atoms. The molecule has 0 aromatic heterocycles. The van der Waals surface area contributed by atoms with Gasteiger partial charge in [-0.05, 0) is 26.0 Å². The van der Waals surface area contributed by atoms with E-state index in [1.54, 1.807) is 0 Å². The normalized spacial score (nSPS) is 14.5. The Kier molecular flexibility index (Phi) is 5.06. The van der Waals surface area contributed by atoms with Gasteiger partial charge in [-0.2, -0.15) is 0 Å². The molecule has 0 saturated carbocycles. The highest BCUT2D eigenvalue weighted by Gasteiger charge is 2.23. The second kappa shape index (κ2) is 6.09. The molecule has 0 aliphatic heterocycles. The van der Waals surface area contributed by atoms with Gasteiger partial charge in [0.1, 0.15) is 0 Å². The average molecular weight is 243 g/mol. The Morgan fingerprint density at radius 3 is 2.69 bits per heavy atom. The smallest absolute Gasteiger partial charge is 0.0706 e. The van der Waals surface area contributed by atoms with Crippen LogP contribution < -0.4 is 11.1 Å². The van der Waals surface area contributed by atoms with Crippen molar-refractivity contribution in [1.29, 1.82) is 0 Å². The number of hydrogen-bond acceptors (Lipinski definition) is 3. The lowest BCUT2D eigenvalue weighted by molar-refractivity contribution is 0.112. The molecule has 0 aliphatic carbocycles. The Hall–Kier alpha value is -0.770. The Morgan fingerprint density at radius 2 is 2.12 bits per heavy atom. The van der Waals surface area contributed by atoms with Crippen LogP contribution in [0.25, 0.3) is 0 Å². The van der Waals surface area contributed by atoms with E-state index in [1.807, 2.05) is 38.1 Å². The minimum absolute atomic E-state index is 0.291. The lowest BCUT2D eigenvalue weighted by Crippen LogP contribution is -2.46. The number of hydrogen-bond donors (Lipinski definition) is 2. The number of benzene rings is 1. The van der Waals surface area contributed by atoms with Crippen LogP contribution in [0, 0.1) is 0 Å². The van der Waals surface area contributed by atoms with Crippen molar-refractivity contribution in [2.75, 3.05) is 25.1 Å². The highest BCUT2D eigenvalue weighted by molar-refractivity contribution is 6.33. The van der Waals surface area contributed by atoms with E-state index >= 15 is 0 Å². The zero-order valence-corrected chi connectivity index (χ0v) is 10.6. The molecule has 3 N–H and O–H groups in total. The van der Waals surface area contributed by atoms with Crippen molar-refractivity contribution in [2.24, 2.45) is 5.73 Å². The van der Waals surface area contributed by atoms with Crippen LogP contribution in [0.3, 0.4) is 0 Å². The molecule has 90 valence electrons. The summed E-state index contributed by atoms with van der Waals surface area (Å²) in [4.78, 5) is 0. The van der Waals surface area contributed by atoms with E-state index < -0.39 is 0 Å². The molecule has 1 aromatic carbocycles. The minimum atomic E-state index is -0.291. The zero-order chi connectivity index (χ0) is 12.0. The molecule has 0 radical (unpaired) electrons. The number of para-hydroxylation sites is 1. The number of anilines is 1. The van der Waals surface area contributed by atoms with Crippen molar-refractivity contribution in [3.05, 3.63) is 29.3 Å². The first-order valence-corrected chi connectivity index (χ1v) is 5.79. The quantitative estimate of drug-likeness (QED) is 0.806. The van der Waals surface area contributed by atoms with Gasteiger partial charge < -0.3 is 15.8 Å². The molecule has 0 bridgehead atoms. The molecule has 1 unspecified atom stereocenters. The summed E-state index contributed by atoms with van der Waals surface area (Å²) in [7, 11) is 0. The monoisotopic (exact) mass is 242 g/mol. The lowest BCUT2D eigenvalue weighted by Gasteiger charge is -2.30. The Balaban J connectivity index is 2.72. The zero-order valence-electron chi connectivity index (χ0n) is 9.79. The number of halogens is 1. The van der Waals surface area contributed by atoms with Crippen LogP contribution in [0.4, 0.5) is 5.69 Å². The van der Waals surface area contributed by atoms with Crippen molar-refractivity contribution in [3.8, 4) is 0 Å². The highest BCUT2D eigenvalue weighted by Crippen LogP contribution is 2.24. The number of nitrogens with two attached hydrogens (primary N) is 1. The molecule has 0 heterocycles. The van der Waals surface area contributed by atoms with Gasteiger partial charge in [0.05, 0.1) is 22.9 Å². The number of nitrogens with one attached hydrogen (secondary N) is 1. The Morgan fingerprint density at radius 1 is 1.44 bits per heavy atom. The molecular formula is C12H19ClN2O. The summed E-state index contributed by atoms with van der Waals surface area (Å²) in [6.07, 6.45) is 0. The van der Waals surface area contributed by atoms with Crippen molar-refractivity contribution >= 4 is 17.3 Å². The van der Waals surface area contributed by atoms with E-state index in [-0.39, 0.29) is 5.54 Å². The molecular weight excluding hydrogens is 224 g/mol. The van der Waals surface area contributed by atoms with Crippen LogP contribution in [0.15, 0.2) is 24.3 Å². The third-order valence-electron chi connectivity index (χ3n) is 2.39. The van der Waals surface area contributed by atoms with Crippen molar-refractivity contribution in [1.82, 2.24) is 0 Å². The molecule has 0 saturated heterocycles. The molecule has 4 heteroatoms. The highest BCUT2D eigenvalue weighted by atomic mass is 35.5. The predicted octanol–water partition coefficient (Wildman–Crippen LogP) is 2.51. The first kappa shape index (κ1) is 13.3. The summed E-state index contributed by atoms with van der Waals surface area (Å²) >= 11 is 6.08. The largest absolute Gasteiger partial charge is 0.379 e. The SMILES string of the molecule is CCOCC(C)(CN)Nc1ccccc1Cl. The van der Waals surface area contributed by atoms with Gasteiger partial charge in [-0.25, -0.2) is 0 Å². The van der Waals surface area contributed by atoms with Gasteiger partial charge in [-0.1, -0.05) is 23.7 Å². The van der Waals surface area contributed by atoms with E-state index in [0.717, 1.165) is 5.69 Å². The van der Waals surface area contributed by atoms with Gasteiger partial charge in [0.25, 0.3) is 0 Å². The van der Waals surface area contributed by atoms with Crippen LogP contribution in [0.5, 0.6) is 0 Å². The Bertz CT molecular complexity index is 333. The van der Waals surface area contributed by atoms with Crippen molar-refractivity contribution in [2.45, 2.75) is 19.4 Å². The molecule has 1 aromatic rings. The van der Waals surface area contributed by atoms with Crippen LogP contribution in [0.2, 0.25) is 5.02 Å². The topological polar surface area (TPSA) is 47.3 Å². The molecule has 0 fully saturated rings. The van der Waals surface area contributed by atoms with Gasteiger partial charge in [-0.3, -0.25) is 0 Å². The second-order valence-corrected chi connectivity index (χ2v) is 4.41. The maximum atomic E-state index is 6.08.